The Bertz CT molecular complexity index is 906. The lowest BCUT2D eigenvalue weighted by molar-refractivity contribution is -0.121. The van der Waals surface area contributed by atoms with Gasteiger partial charge in [0.15, 0.2) is 0 Å². The molecular formula is C21H25FN2O3S. The van der Waals surface area contributed by atoms with Crippen molar-refractivity contribution in [2.24, 2.45) is 0 Å². The summed E-state index contributed by atoms with van der Waals surface area (Å²) in [5.74, 6) is -0.495. The van der Waals surface area contributed by atoms with E-state index in [0.29, 0.717) is 13.1 Å². The van der Waals surface area contributed by atoms with Crippen molar-refractivity contribution in [1.29, 1.82) is 0 Å². The predicted molar refractivity (Wildman–Crippen MR) is 106 cm³/mol. The van der Waals surface area contributed by atoms with E-state index < -0.39 is 10.0 Å². The van der Waals surface area contributed by atoms with Gasteiger partial charge in [-0.15, -0.1) is 0 Å². The summed E-state index contributed by atoms with van der Waals surface area (Å²) < 4.78 is 39.9. The van der Waals surface area contributed by atoms with Crippen LogP contribution >= 0.6 is 0 Å². The summed E-state index contributed by atoms with van der Waals surface area (Å²) in [4.78, 5) is 12.5. The zero-order valence-electron chi connectivity index (χ0n) is 15.9. The molecule has 1 saturated heterocycles. The van der Waals surface area contributed by atoms with Gasteiger partial charge >= 0.3 is 0 Å². The molecule has 1 aliphatic rings. The molecule has 1 aliphatic heterocycles. The maximum absolute atomic E-state index is 13.0. The highest BCUT2D eigenvalue weighted by Crippen LogP contribution is 2.21. The first kappa shape index (κ1) is 20.5. The highest BCUT2D eigenvalue weighted by molar-refractivity contribution is 7.89. The normalized spacial score (nSPS) is 16.5. The van der Waals surface area contributed by atoms with E-state index in [1.54, 1.807) is 36.4 Å². The average Bonchev–Trinajstić information content (AvgIpc) is 2.69. The molecule has 0 saturated carbocycles. The number of halogens is 1. The molecule has 0 unspecified atom stereocenters. The molecule has 150 valence electrons. The van der Waals surface area contributed by atoms with Crippen LogP contribution in [0.4, 0.5) is 4.39 Å². The molecule has 3 rings (SSSR count). The summed E-state index contributed by atoms with van der Waals surface area (Å²) in [6.07, 6.45) is 3.00. The van der Waals surface area contributed by atoms with Gasteiger partial charge in [-0.25, -0.2) is 12.8 Å². The first-order valence-corrected chi connectivity index (χ1v) is 10.9. The first-order valence-electron chi connectivity index (χ1n) is 9.50. The van der Waals surface area contributed by atoms with Crippen molar-refractivity contribution in [2.75, 3.05) is 13.1 Å². The second-order valence-electron chi connectivity index (χ2n) is 7.13. The van der Waals surface area contributed by atoms with Gasteiger partial charge < -0.3 is 5.32 Å². The number of amides is 1. The Morgan fingerprint density at radius 1 is 1.04 bits per heavy atom. The fourth-order valence-corrected chi connectivity index (χ4v) is 4.86. The van der Waals surface area contributed by atoms with Crippen molar-refractivity contribution >= 4 is 15.9 Å². The standard InChI is InChI=1S/C21H25FN2O3S/c1-16(18-7-9-19(22)10-8-18)23-21(25)15-17-5-11-20(12-6-17)28(26,27)24-13-3-2-4-14-24/h5-12,16H,2-4,13-15H2,1H3,(H,23,25)/t16-/m1/s1. The number of carbonyl (C=O) groups excluding carboxylic acids is 1. The van der Waals surface area contributed by atoms with Crippen LogP contribution in [0, 0.1) is 5.82 Å². The molecule has 0 bridgehead atoms. The van der Waals surface area contributed by atoms with Crippen LogP contribution in [0.15, 0.2) is 53.4 Å². The highest BCUT2D eigenvalue weighted by atomic mass is 32.2. The highest BCUT2D eigenvalue weighted by Gasteiger charge is 2.25. The van der Waals surface area contributed by atoms with Gasteiger partial charge in [0.25, 0.3) is 0 Å². The van der Waals surface area contributed by atoms with E-state index in [4.69, 9.17) is 0 Å². The molecule has 1 N–H and O–H groups in total. The molecule has 2 aromatic rings. The Hall–Kier alpha value is -2.25. The summed E-state index contributed by atoms with van der Waals surface area (Å²) in [7, 11) is -3.46. The van der Waals surface area contributed by atoms with Crippen molar-refractivity contribution < 1.29 is 17.6 Å². The Morgan fingerprint density at radius 2 is 1.64 bits per heavy atom. The Kier molecular flexibility index (Phi) is 6.46. The lowest BCUT2D eigenvalue weighted by Gasteiger charge is -2.25. The number of nitrogens with one attached hydrogen (secondary N) is 1. The van der Waals surface area contributed by atoms with Gasteiger partial charge in [-0.2, -0.15) is 4.31 Å². The average molecular weight is 405 g/mol. The van der Waals surface area contributed by atoms with Crippen LogP contribution in [0.25, 0.3) is 0 Å². The molecule has 0 aliphatic carbocycles. The molecule has 28 heavy (non-hydrogen) atoms. The van der Waals surface area contributed by atoms with Gasteiger partial charge in [0.05, 0.1) is 17.4 Å². The summed E-state index contributed by atoms with van der Waals surface area (Å²) in [6.45, 7) is 2.96. The minimum atomic E-state index is -3.46. The number of hydrogen-bond donors (Lipinski definition) is 1. The molecule has 7 heteroatoms. The summed E-state index contributed by atoms with van der Waals surface area (Å²) >= 11 is 0. The third-order valence-electron chi connectivity index (χ3n) is 4.99. The number of nitrogens with zero attached hydrogens (tertiary/aromatic N) is 1. The van der Waals surface area contributed by atoms with Crippen LogP contribution in [-0.2, 0) is 21.2 Å². The molecule has 1 atom stereocenters. The lowest BCUT2D eigenvalue weighted by Crippen LogP contribution is -2.35. The molecule has 0 aromatic heterocycles. The van der Waals surface area contributed by atoms with Crippen LogP contribution in [0.2, 0.25) is 0 Å². The molecular weight excluding hydrogens is 379 g/mol. The van der Waals surface area contributed by atoms with E-state index in [1.165, 1.54) is 16.4 Å². The monoisotopic (exact) mass is 404 g/mol. The first-order chi connectivity index (χ1) is 13.4. The van der Waals surface area contributed by atoms with Crippen molar-refractivity contribution in [3.8, 4) is 0 Å². The van der Waals surface area contributed by atoms with Crippen LogP contribution in [0.1, 0.15) is 43.4 Å². The third-order valence-corrected chi connectivity index (χ3v) is 6.90. The zero-order chi connectivity index (χ0) is 20.1. The Labute approximate surface area is 165 Å². The number of piperidine rings is 1. The van der Waals surface area contributed by atoms with Gasteiger partial charge in [0, 0.05) is 13.1 Å². The van der Waals surface area contributed by atoms with Crippen LogP contribution in [0.5, 0.6) is 0 Å². The fraction of sp³-hybridized carbons (Fsp3) is 0.381. The van der Waals surface area contributed by atoms with E-state index >= 15 is 0 Å². The maximum Gasteiger partial charge on any atom is 0.243 e. The van der Waals surface area contributed by atoms with Crippen molar-refractivity contribution in [3.05, 3.63) is 65.5 Å². The largest absolute Gasteiger partial charge is 0.349 e. The number of rotatable bonds is 6. The van der Waals surface area contributed by atoms with E-state index in [1.807, 2.05) is 6.92 Å². The minimum Gasteiger partial charge on any atom is -0.349 e. The lowest BCUT2D eigenvalue weighted by atomic mass is 10.1. The molecule has 1 heterocycles. The predicted octanol–water partition coefficient (Wildman–Crippen LogP) is 3.42. The van der Waals surface area contributed by atoms with E-state index in [0.717, 1.165) is 30.4 Å². The summed E-state index contributed by atoms with van der Waals surface area (Å²) in [5.41, 5.74) is 1.55. The van der Waals surface area contributed by atoms with E-state index in [-0.39, 0.29) is 29.1 Å². The third kappa shape index (κ3) is 4.97. The second kappa shape index (κ2) is 8.84. The summed E-state index contributed by atoms with van der Waals surface area (Å²) in [6, 6.07) is 12.2. The molecule has 5 nitrogen and oxygen atoms in total. The Balaban J connectivity index is 1.60. The van der Waals surface area contributed by atoms with Crippen molar-refractivity contribution in [1.82, 2.24) is 9.62 Å². The van der Waals surface area contributed by atoms with Gasteiger partial charge in [-0.3, -0.25) is 4.79 Å². The topological polar surface area (TPSA) is 66.5 Å². The summed E-state index contributed by atoms with van der Waals surface area (Å²) in [5, 5.41) is 2.87. The molecule has 1 fully saturated rings. The second-order valence-corrected chi connectivity index (χ2v) is 9.06. The van der Waals surface area contributed by atoms with Gasteiger partial charge in [-0.1, -0.05) is 30.7 Å². The quantitative estimate of drug-likeness (QED) is 0.802. The van der Waals surface area contributed by atoms with Gasteiger partial charge in [-0.05, 0) is 55.2 Å². The van der Waals surface area contributed by atoms with Crippen LogP contribution in [-0.4, -0.2) is 31.7 Å². The number of sulfonamides is 1. The van der Waals surface area contributed by atoms with Crippen molar-refractivity contribution in [3.63, 3.8) is 0 Å². The van der Waals surface area contributed by atoms with Crippen molar-refractivity contribution in [2.45, 2.75) is 43.5 Å². The maximum atomic E-state index is 13.0. The van der Waals surface area contributed by atoms with Crippen LogP contribution < -0.4 is 5.32 Å². The smallest absolute Gasteiger partial charge is 0.243 e. The number of hydrogen-bond acceptors (Lipinski definition) is 3. The zero-order valence-corrected chi connectivity index (χ0v) is 16.7. The van der Waals surface area contributed by atoms with Crippen LogP contribution in [0.3, 0.4) is 0 Å². The molecule has 0 spiro atoms. The Morgan fingerprint density at radius 3 is 2.25 bits per heavy atom. The minimum absolute atomic E-state index is 0.148. The van der Waals surface area contributed by atoms with E-state index in [9.17, 15) is 17.6 Å². The number of benzene rings is 2. The molecule has 1 amide bonds. The molecule has 0 radical (unpaired) electrons. The fourth-order valence-electron chi connectivity index (χ4n) is 3.35. The van der Waals surface area contributed by atoms with E-state index in [2.05, 4.69) is 5.32 Å². The van der Waals surface area contributed by atoms with Gasteiger partial charge in [0.2, 0.25) is 15.9 Å². The number of carbonyl (C=O) groups is 1. The molecule has 2 aromatic carbocycles. The van der Waals surface area contributed by atoms with Gasteiger partial charge in [0.1, 0.15) is 5.82 Å². The SMILES string of the molecule is C[C@@H](NC(=O)Cc1ccc(S(=O)(=O)N2CCCCC2)cc1)c1ccc(F)cc1.